The molecule has 0 aromatic heterocycles. The average Bonchev–Trinajstić information content (AvgIpc) is 2.57. The number of benzene rings is 2. The Kier molecular flexibility index (Phi) is 5.50. The van der Waals surface area contributed by atoms with Crippen molar-refractivity contribution in [3.8, 4) is 0 Å². The van der Waals surface area contributed by atoms with Crippen molar-refractivity contribution < 1.29 is 9.47 Å². The molecule has 21 heavy (non-hydrogen) atoms. The third kappa shape index (κ3) is 3.48. The number of rotatable bonds is 8. The second kappa shape index (κ2) is 7.58. The Balaban J connectivity index is 2.52. The van der Waals surface area contributed by atoms with Gasteiger partial charge in [0.2, 0.25) is 5.79 Å². The van der Waals surface area contributed by atoms with Crippen LogP contribution in [0.5, 0.6) is 0 Å². The molecule has 0 saturated carbocycles. The molecule has 0 saturated heterocycles. The largest absolute Gasteiger partial charge is 0.338 e. The van der Waals surface area contributed by atoms with E-state index in [1.54, 1.807) is 12.2 Å². The van der Waals surface area contributed by atoms with Crippen LogP contribution in [0.25, 0.3) is 0 Å². The Morgan fingerprint density at radius 1 is 0.714 bits per heavy atom. The molecular weight excluding hydrogens is 260 g/mol. The van der Waals surface area contributed by atoms with Crippen LogP contribution >= 0.6 is 0 Å². The van der Waals surface area contributed by atoms with Crippen molar-refractivity contribution in [3.63, 3.8) is 0 Å². The van der Waals surface area contributed by atoms with Gasteiger partial charge in [-0.25, -0.2) is 0 Å². The molecule has 2 aromatic carbocycles. The lowest BCUT2D eigenvalue weighted by molar-refractivity contribution is -0.205. The smallest absolute Gasteiger partial charge is 0.222 e. The summed E-state index contributed by atoms with van der Waals surface area (Å²) in [6.07, 6.45) is 3.44. The van der Waals surface area contributed by atoms with Crippen LogP contribution in [0.1, 0.15) is 11.1 Å². The van der Waals surface area contributed by atoms with Crippen LogP contribution in [0.4, 0.5) is 0 Å². The van der Waals surface area contributed by atoms with Crippen LogP contribution in [0, 0.1) is 0 Å². The van der Waals surface area contributed by atoms with Crippen molar-refractivity contribution in [1.29, 1.82) is 0 Å². The minimum atomic E-state index is -0.953. The van der Waals surface area contributed by atoms with Crippen LogP contribution in [0.2, 0.25) is 0 Å². The van der Waals surface area contributed by atoms with Crippen LogP contribution in [-0.2, 0) is 15.3 Å². The van der Waals surface area contributed by atoms with Gasteiger partial charge in [-0.2, -0.15) is 0 Å². The molecular formula is C19H20O2. The predicted molar refractivity (Wildman–Crippen MR) is 86.0 cm³/mol. The van der Waals surface area contributed by atoms with E-state index >= 15 is 0 Å². The lowest BCUT2D eigenvalue weighted by Gasteiger charge is -2.34. The molecule has 2 nitrogen and oxygen atoms in total. The van der Waals surface area contributed by atoms with Gasteiger partial charge in [-0.05, 0) is 0 Å². The van der Waals surface area contributed by atoms with Crippen molar-refractivity contribution in [2.24, 2.45) is 0 Å². The van der Waals surface area contributed by atoms with Gasteiger partial charge >= 0.3 is 0 Å². The van der Waals surface area contributed by atoms with E-state index in [-0.39, 0.29) is 0 Å². The van der Waals surface area contributed by atoms with Gasteiger partial charge in [-0.1, -0.05) is 72.8 Å². The van der Waals surface area contributed by atoms with E-state index in [0.717, 1.165) is 11.1 Å². The molecule has 0 aliphatic heterocycles. The molecule has 0 N–H and O–H groups in total. The number of hydrogen-bond donors (Lipinski definition) is 0. The van der Waals surface area contributed by atoms with Crippen molar-refractivity contribution >= 4 is 0 Å². The summed E-state index contributed by atoms with van der Waals surface area (Å²) < 4.78 is 12.1. The van der Waals surface area contributed by atoms with Gasteiger partial charge in [-0.3, -0.25) is 0 Å². The molecule has 0 bridgehead atoms. The summed E-state index contributed by atoms with van der Waals surface area (Å²) in [5, 5.41) is 0. The van der Waals surface area contributed by atoms with E-state index in [2.05, 4.69) is 13.2 Å². The minimum Gasteiger partial charge on any atom is -0.338 e. The molecule has 0 heterocycles. The van der Waals surface area contributed by atoms with Crippen LogP contribution in [0.3, 0.4) is 0 Å². The third-order valence-corrected chi connectivity index (χ3v) is 3.12. The van der Waals surface area contributed by atoms with Gasteiger partial charge in [0.25, 0.3) is 0 Å². The molecule has 2 rings (SSSR count). The maximum Gasteiger partial charge on any atom is 0.222 e. The van der Waals surface area contributed by atoms with Gasteiger partial charge in [0.05, 0.1) is 13.2 Å². The summed E-state index contributed by atoms with van der Waals surface area (Å²) in [5.74, 6) is -0.953. The molecule has 0 fully saturated rings. The van der Waals surface area contributed by atoms with Gasteiger partial charge in [0.15, 0.2) is 0 Å². The molecule has 2 aromatic rings. The molecule has 0 unspecified atom stereocenters. The van der Waals surface area contributed by atoms with Crippen molar-refractivity contribution in [2.45, 2.75) is 5.79 Å². The summed E-state index contributed by atoms with van der Waals surface area (Å²) in [7, 11) is 0. The van der Waals surface area contributed by atoms with Crippen molar-refractivity contribution in [3.05, 3.63) is 97.1 Å². The highest BCUT2D eigenvalue weighted by molar-refractivity contribution is 5.34. The van der Waals surface area contributed by atoms with E-state index in [1.807, 2.05) is 60.7 Å². The van der Waals surface area contributed by atoms with Gasteiger partial charge in [-0.15, -0.1) is 13.2 Å². The van der Waals surface area contributed by atoms with E-state index in [0.29, 0.717) is 13.2 Å². The summed E-state index contributed by atoms with van der Waals surface area (Å²) >= 11 is 0. The fourth-order valence-corrected chi connectivity index (χ4v) is 2.21. The fourth-order valence-electron chi connectivity index (χ4n) is 2.21. The maximum atomic E-state index is 6.07. The van der Waals surface area contributed by atoms with E-state index < -0.39 is 5.79 Å². The summed E-state index contributed by atoms with van der Waals surface area (Å²) in [6, 6.07) is 19.8. The quantitative estimate of drug-likeness (QED) is 0.530. The molecule has 0 atom stereocenters. The second-order valence-corrected chi connectivity index (χ2v) is 4.55. The topological polar surface area (TPSA) is 18.5 Å². The van der Waals surface area contributed by atoms with Gasteiger partial charge in [0.1, 0.15) is 0 Å². The normalized spacial score (nSPS) is 11.0. The van der Waals surface area contributed by atoms with Crippen LogP contribution in [-0.4, -0.2) is 13.2 Å². The van der Waals surface area contributed by atoms with Gasteiger partial charge in [0, 0.05) is 11.1 Å². The Morgan fingerprint density at radius 2 is 1.10 bits per heavy atom. The summed E-state index contributed by atoms with van der Waals surface area (Å²) in [6.45, 7) is 8.24. The highest BCUT2D eigenvalue weighted by Crippen LogP contribution is 2.35. The SMILES string of the molecule is C=CCOC(OCC=C)(c1ccccc1)c1ccccc1. The first kappa shape index (κ1) is 15.2. The molecule has 0 aliphatic carbocycles. The van der Waals surface area contributed by atoms with Crippen LogP contribution in [0.15, 0.2) is 86.0 Å². The second-order valence-electron chi connectivity index (χ2n) is 4.55. The highest BCUT2D eigenvalue weighted by atomic mass is 16.7. The zero-order valence-electron chi connectivity index (χ0n) is 12.1. The third-order valence-electron chi connectivity index (χ3n) is 3.12. The molecule has 0 spiro atoms. The number of ether oxygens (including phenoxy) is 2. The first-order valence-electron chi connectivity index (χ1n) is 6.94. The van der Waals surface area contributed by atoms with Crippen molar-refractivity contribution in [1.82, 2.24) is 0 Å². The van der Waals surface area contributed by atoms with E-state index in [9.17, 15) is 0 Å². The highest BCUT2D eigenvalue weighted by Gasteiger charge is 2.36. The molecule has 0 aliphatic rings. The first-order chi connectivity index (χ1) is 10.3. The Labute approximate surface area is 126 Å². The lowest BCUT2D eigenvalue weighted by atomic mass is 9.97. The number of hydrogen-bond acceptors (Lipinski definition) is 2. The Hall–Kier alpha value is -2.16. The lowest BCUT2D eigenvalue weighted by Crippen LogP contribution is -2.35. The fraction of sp³-hybridized carbons (Fsp3) is 0.158. The zero-order valence-corrected chi connectivity index (χ0v) is 12.1. The minimum absolute atomic E-state index is 0.390. The van der Waals surface area contributed by atoms with E-state index in [1.165, 1.54) is 0 Å². The Morgan fingerprint density at radius 3 is 1.43 bits per heavy atom. The zero-order chi connectivity index (χ0) is 15.0. The van der Waals surface area contributed by atoms with E-state index in [4.69, 9.17) is 9.47 Å². The summed E-state index contributed by atoms with van der Waals surface area (Å²) in [5.41, 5.74) is 1.89. The first-order valence-corrected chi connectivity index (χ1v) is 6.94. The average molecular weight is 280 g/mol. The van der Waals surface area contributed by atoms with Crippen LogP contribution < -0.4 is 0 Å². The van der Waals surface area contributed by atoms with Gasteiger partial charge < -0.3 is 9.47 Å². The molecule has 0 radical (unpaired) electrons. The monoisotopic (exact) mass is 280 g/mol. The predicted octanol–water partition coefficient (Wildman–Crippen LogP) is 4.29. The summed E-state index contributed by atoms with van der Waals surface area (Å²) in [4.78, 5) is 0. The van der Waals surface area contributed by atoms with Crippen molar-refractivity contribution in [2.75, 3.05) is 13.2 Å². The maximum absolute atomic E-state index is 6.07. The molecule has 0 amide bonds. The molecule has 2 heteroatoms. The Bertz CT molecular complexity index is 507. The standard InChI is InChI=1S/C19H20O2/c1-3-15-20-19(21-16-4-2,17-11-7-5-8-12-17)18-13-9-6-10-14-18/h3-14H,1-2,15-16H2. The molecule has 108 valence electrons.